The van der Waals surface area contributed by atoms with Gasteiger partial charge >= 0.3 is 0 Å². The van der Waals surface area contributed by atoms with E-state index in [9.17, 15) is 9.59 Å². The highest BCUT2D eigenvalue weighted by Gasteiger charge is 2.36. The number of carbonyl (C=O) groups is 2. The summed E-state index contributed by atoms with van der Waals surface area (Å²) in [6.45, 7) is 0. The Kier molecular flexibility index (Phi) is 3.11. The average molecular weight is 247 g/mol. The van der Waals surface area contributed by atoms with Gasteiger partial charge < -0.3 is 5.73 Å². The summed E-state index contributed by atoms with van der Waals surface area (Å²) in [6, 6.07) is 1.73. The zero-order valence-corrected chi connectivity index (χ0v) is 9.55. The number of hydrogen-bond donors (Lipinski definition) is 1. The molecule has 2 rings (SSSR count). The van der Waals surface area contributed by atoms with Crippen molar-refractivity contribution in [3.8, 4) is 6.07 Å². The second-order valence-corrected chi connectivity index (χ2v) is 4.80. The minimum Gasteiger partial charge on any atom is -0.363 e. The van der Waals surface area contributed by atoms with Crippen LogP contribution < -0.4 is 5.73 Å². The van der Waals surface area contributed by atoms with Crippen LogP contribution in [-0.2, 0) is 9.59 Å². The standard InChI is InChI=1S/C11H9N3O2S/c12-5-6(9(15)10(13)16)11-14-7-3-1-2-4-8(7)17-11/h1-4,6-8H,(H2,13,16)/t6-,7-,8-/m1/s1. The van der Waals surface area contributed by atoms with E-state index in [4.69, 9.17) is 11.0 Å². The first-order chi connectivity index (χ1) is 8.13. The van der Waals surface area contributed by atoms with Gasteiger partial charge in [0.2, 0.25) is 5.78 Å². The highest BCUT2D eigenvalue weighted by atomic mass is 32.2. The Morgan fingerprint density at radius 3 is 2.76 bits per heavy atom. The van der Waals surface area contributed by atoms with Gasteiger partial charge in [-0.2, -0.15) is 5.26 Å². The van der Waals surface area contributed by atoms with E-state index >= 15 is 0 Å². The van der Waals surface area contributed by atoms with Gasteiger partial charge in [-0.05, 0) is 0 Å². The number of rotatable bonds is 3. The number of ketones is 1. The van der Waals surface area contributed by atoms with Crippen LogP contribution in [0.3, 0.4) is 0 Å². The molecule has 1 heterocycles. The zero-order valence-electron chi connectivity index (χ0n) is 8.74. The summed E-state index contributed by atoms with van der Waals surface area (Å²) >= 11 is 1.33. The fourth-order valence-electron chi connectivity index (χ4n) is 1.63. The molecule has 0 fully saturated rings. The van der Waals surface area contributed by atoms with Crippen LogP contribution in [0.4, 0.5) is 0 Å². The highest BCUT2D eigenvalue weighted by Crippen LogP contribution is 2.33. The fraction of sp³-hybridized carbons (Fsp3) is 0.273. The second kappa shape index (κ2) is 4.55. The van der Waals surface area contributed by atoms with E-state index in [-0.39, 0.29) is 11.3 Å². The third-order valence-electron chi connectivity index (χ3n) is 2.47. The van der Waals surface area contributed by atoms with Crippen molar-refractivity contribution in [2.45, 2.75) is 11.3 Å². The average Bonchev–Trinajstić information content (AvgIpc) is 2.72. The van der Waals surface area contributed by atoms with Gasteiger partial charge in [-0.3, -0.25) is 14.6 Å². The van der Waals surface area contributed by atoms with Crippen LogP contribution in [0.2, 0.25) is 0 Å². The van der Waals surface area contributed by atoms with Gasteiger partial charge in [-0.15, -0.1) is 0 Å². The first-order valence-electron chi connectivity index (χ1n) is 4.96. The molecule has 0 saturated carbocycles. The van der Waals surface area contributed by atoms with Crippen LogP contribution >= 0.6 is 11.8 Å². The van der Waals surface area contributed by atoms with Crippen molar-refractivity contribution in [3.63, 3.8) is 0 Å². The maximum absolute atomic E-state index is 11.4. The van der Waals surface area contributed by atoms with Crippen LogP contribution in [0.1, 0.15) is 0 Å². The lowest BCUT2D eigenvalue weighted by atomic mass is 10.1. The third kappa shape index (κ3) is 2.15. The van der Waals surface area contributed by atoms with Gasteiger partial charge in [0.05, 0.1) is 22.4 Å². The van der Waals surface area contributed by atoms with Crippen molar-refractivity contribution in [2.75, 3.05) is 0 Å². The first kappa shape index (κ1) is 11.6. The number of Topliss-reactive ketones (excluding diaryl/α,β-unsaturated/α-hetero) is 1. The van der Waals surface area contributed by atoms with Gasteiger partial charge in [0.1, 0.15) is 0 Å². The maximum Gasteiger partial charge on any atom is 0.286 e. The number of nitrogens with two attached hydrogens (primary N) is 1. The molecular formula is C11H9N3O2S. The van der Waals surface area contributed by atoms with Gasteiger partial charge in [-0.25, -0.2) is 0 Å². The number of hydrogen-bond acceptors (Lipinski definition) is 5. The van der Waals surface area contributed by atoms with Gasteiger partial charge in [-0.1, -0.05) is 36.1 Å². The van der Waals surface area contributed by atoms with Crippen molar-refractivity contribution in [2.24, 2.45) is 16.6 Å². The van der Waals surface area contributed by atoms with Crippen LogP contribution in [0.15, 0.2) is 29.3 Å². The molecule has 0 unspecified atom stereocenters. The van der Waals surface area contributed by atoms with Crippen molar-refractivity contribution >= 4 is 28.5 Å². The van der Waals surface area contributed by atoms with Gasteiger partial charge in [0.25, 0.3) is 5.91 Å². The molecule has 5 nitrogen and oxygen atoms in total. The van der Waals surface area contributed by atoms with Gasteiger partial charge in [0, 0.05) is 0 Å². The Labute approximate surface area is 102 Å². The number of thioether (sulfide) groups is 1. The van der Waals surface area contributed by atoms with E-state index in [1.807, 2.05) is 24.3 Å². The summed E-state index contributed by atoms with van der Waals surface area (Å²) < 4.78 is 0. The van der Waals surface area contributed by atoms with Crippen molar-refractivity contribution < 1.29 is 9.59 Å². The quantitative estimate of drug-likeness (QED) is 0.720. The first-order valence-corrected chi connectivity index (χ1v) is 5.84. The van der Waals surface area contributed by atoms with Gasteiger partial charge in [0.15, 0.2) is 5.92 Å². The number of amides is 1. The Bertz CT molecular complexity index is 501. The largest absolute Gasteiger partial charge is 0.363 e. The van der Waals surface area contributed by atoms with E-state index in [1.54, 1.807) is 6.07 Å². The molecule has 0 aromatic heterocycles. The predicted octanol–water partition coefficient (Wildman–Crippen LogP) is 0.189. The lowest BCUT2D eigenvalue weighted by Gasteiger charge is -2.11. The number of aliphatic imine (C=N–C) groups is 1. The number of nitrogens with zero attached hydrogens (tertiary/aromatic N) is 2. The lowest BCUT2D eigenvalue weighted by Crippen LogP contribution is -2.32. The van der Waals surface area contributed by atoms with E-state index in [1.165, 1.54) is 11.8 Å². The summed E-state index contributed by atoms with van der Waals surface area (Å²) in [5, 5.41) is 9.41. The van der Waals surface area contributed by atoms with Crippen LogP contribution in [-0.4, -0.2) is 28.0 Å². The normalized spacial score (nSPS) is 26.9. The van der Waals surface area contributed by atoms with E-state index in [0.29, 0.717) is 5.04 Å². The van der Waals surface area contributed by atoms with Crippen LogP contribution in [0, 0.1) is 17.2 Å². The molecule has 6 heteroatoms. The third-order valence-corrected chi connectivity index (χ3v) is 3.76. The minimum absolute atomic E-state index is 0.0588. The van der Waals surface area contributed by atoms with Crippen LogP contribution in [0.5, 0.6) is 0 Å². The monoisotopic (exact) mass is 247 g/mol. The molecule has 0 saturated heterocycles. The van der Waals surface area contributed by atoms with Crippen molar-refractivity contribution in [3.05, 3.63) is 24.3 Å². The Hall–Kier alpha value is -1.87. The molecule has 1 amide bonds. The fourth-order valence-corrected chi connectivity index (χ4v) is 2.85. The molecule has 1 aliphatic carbocycles. The predicted molar refractivity (Wildman–Crippen MR) is 64.2 cm³/mol. The van der Waals surface area contributed by atoms with E-state index < -0.39 is 17.6 Å². The topological polar surface area (TPSA) is 96.3 Å². The molecule has 2 aliphatic rings. The number of nitriles is 1. The molecule has 0 aromatic rings. The second-order valence-electron chi connectivity index (χ2n) is 3.60. The molecule has 3 atom stereocenters. The lowest BCUT2D eigenvalue weighted by molar-refractivity contribution is -0.136. The van der Waals surface area contributed by atoms with Crippen LogP contribution in [0.25, 0.3) is 0 Å². The van der Waals surface area contributed by atoms with Crippen molar-refractivity contribution in [1.82, 2.24) is 0 Å². The van der Waals surface area contributed by atoms with E-state index in [2.05, 4.69) is 4.99 Å². The summed E-state index contributed by atoms with van der Waals surface area (Å²) in [7, 11) is 0. The molecule has 2 N–H and O–H groups in total. The number of allylic oxidation sites excluding steroid dienone is 2. The summed E-state index contributed by atoms with van der Waals surface area (Å²) in [6.07, 6.45) is 7.61. The molecule has 1 aliphatic heterocycles. The SMILES string of the molecule is N#C[C@H](C(=O)C(N)=O)C1=N[C@@H]2C=CC=C[C@H]2S1. The van der Waals surface area contributed by atoms with E-state index in [0.717, 1.165) is 0 Å². The Morgan fingerprint density at radius 2 is 2.18 bits per heavy atom. The molecule has 0 aromatic carbocycles. The smallest absolute Gasteiger partial charge is 0.286 e. The summed E-state index contributed by atoms with van der Waals surface area (Å²) in [5.41, 5.74) is 4.89. The molecule has 0 spiro atoms. The molecule has 17 heavy (non-hydrogen) atoms. The molecule has 0 radical (unpaired) electrons. The summed E-state index contributed by atoms with van der Waals surface area (Å²) in [4.78, 5) is 26.5. The molecular weight excluding hydrogens is 238 g/mol. The Balaban J connectivity index is 2.21. The number of primary amides is 1. The minimum atomic E-state index is -1.16. The number of fused-ring (bicyclic) bond motifs is 1. The van der Waals surface area contributed by atoms with Crippen molar-refractivity contribution in [1.29, 1.82) is 5.26 Å². The highest BCUT2D eigenvalue weighted by molar-refractivity contribution is 8.15. The Morgan fingerprint density at radius 1 is 1.47 bits per heavy atom. The zero-order chi connectivity index (χ0) is 12.4. The number of carbonyl (C=O) groups excluding carboxylic acids is 2. The molecule has 0 bridgehead atoms. The molecule has 86 valence electrons. The summed E-state index contributed by atoms with van der Waals surface area (Å²) in [5.74, 6) is -3.16. The maximum atomic E-state index is 11.4.